The van der Waals surface area contributed by atoms with Gasteiger partial charge in [0.2, 0.25) is 0 Å². The summed E-state index contributed by atoms with van der Waals surface area (Å²) in [6.07, 6.45) is 3.55. The van der Waals surface area contributed by atoms with Crippen molar-refractivity contribution in [2.75, 3.05) is 5.32 Å². The molecule has 1 aromatic carbocycles. The topological polar surface area (TPSA) is 84.7 Å². The number of fused-ring (bicyclic) bond motifs is 1. The van der Waals surface area contributed by atoms with Crippen LogP contribution in [0.4, 0.5) is 11.5 Å². The van der Waals surface area contributed by atoms with Gasteiger partial charge < -0.3 is 15.4 Å². The Balaban J connectivity index is 1.99. The molecule has 19 heavy (non-hydrogen) atoms. The van der Waals surface area contributed by atoms with Crippen molar-refractivity contribution in [1.82, 2.24) is 9.97 Å². The lowest BCUT2D eigenvalue weighted by Crippen LogP contribution is -1.94. The molecule has 0 aliphatic rings. The first kappa shape index (κ1) is 11.1. The molecule has 0 radical (unpaired) electrons. The average Bonchev–Trinajstić information content (AvgIpc) is 2.88. The highest BCUT2D eigenvalue weighted by Gasteiger charge is 2.06. The molecule has 0 atom stereocenters. The van der Waals surface area contributed by atoms with Crippen molar-refractivity contribution in [3.63, 3.8) is 0 Å². The number of phenolic OH excluding ortho intramolecular Hbond substituents is 1. The van der Waals surface area contributed by atoms with Crippen LogP contribution < -0.4 is 5.32 Å². The number of aromatic hydroxyl groups is 1. The van der Waals surface area contributed by atoms with E-state index >= 15 is 0 Å². The molecule has 3 N–H and O–H groups in total. The number of aromatic amines is 1. The molecule has 0 amide bonds. The van der Waals surface area contributed by atoms with Crippen LogP contribution in [-0.2, 0) is 0 Å². The van der Waals surface area contributed by atoms with Gasteiger partial charge in [0.1, 0.15) is 11.8 Å². The summed E-state index contributed by atoms with van der Waals surface area (Å²) < 4.78 is 0. The normalized spacial score (nSPS) is 10.3. The summed E-state index contributed by atoms with van der Waals surface area (Å²) in [5.41, 5.74) is 1.81. The van der Waals surface area contributed by atoms with E-state index < -0.39 is 0 Å². The van der Waals surface area contributed by atoms with Gasteiger partial charge in [0.25, 0.3) is 0 Å². The smallest absolute Gasteiger partial charge is 0.154 e. The highest BCUT2D eigenvalue weighted by molar-refractivity contribution is 5.90. The SMILES string of the molecule is N#Cc1ccc(Nc2nccc3cc[nH]c23)cc1O. The van der Waals surface area contributed by atoms with Gasteiger partial charge in [-0.25, -0.2) is 4.98 Å². The largest absolute Gasteiger partial charge is 0.506 e. The maximum absolute atomic E-state index is 9.65. The Morgan fingerprint density at radius 1 is 1.26 bits per heavy atom. The predicted octanol–water partition coefficient (Wildman–Crippen LogP) is 2.88. The molecule has 92 valence electrons. The van der Waals surface area contributed by atoms with E-state index in [1.165, 1.54) is 6.07 Å². The molecule has 0 fully saturated rings. The second-order valence-electron chi connectivity index (χ2n) is 4.07. The number of benzene rings is 1. The zero-order valence-corrected chi connectivity index (χ0v) is 9.88. The van der Waals surface area contributed by atoms with E-state index in [0.29, 0.717) is 11.5 Å². The Morgan fingerprint density at radius 2 is 2.16 bits per heavy atom. The highest BCUT2D eigenvalue weighted by Crippen LogP contribution is 2.26. The van der Waals surface area contributed by atoms with Crippen LogP contribution in [0.2, 0.25) is 0 Å². The van der Waals surface area contributed by atoms with Gasteiger partial charge in [-0.1, -0.05) is 0 Å². The Bertz CT molecular complexity index is 785. The fourth-order valence-corrected chi connectivity index (χ4v) is 1.92. The van der Waals surface area contributed by atoms with Gasteiger partial charge in [0.15, 0.2) is 5.82 Å². The number of aromatic nitrogens is 2. The molecule has 0 aliphatic heterocycles. The van der Waals surface area contributed by atoms with Crippen LogP contribution in [-0.4, -0.2) is 15.1 Å². The van der Waals surface area contributed by atoms with Crippen molar-refractivity contribution in [3.05, 3.63) is 48.3 Å². The monoisotopic (exact) mass is 250 g/mol. The first-order valence-corrected chi connectivity index (χ1v) is 5.70. The molecule has 3 aromatic rings. The highest BCUT2D eigenvalue weighted by atomic mass is 16.3. The predicted molar refractivity (Wildman–Crippen MR) is 72.2 cm³/mol. The van der Waals surface area contributed by atoms with Gasteiger partial charge in [-0.15, -0.1) is 0 Å². The van der Waals surface area contributed by atoms with Crippen LogP contribution in [0, 0.1) is 11.3 Å². The van der Waals surface area contributed by atoms with Crippen LogP contribution in [0.3, 0.4) is 0 Å². The lowest BCUT2D eigenvalue weighted by Gasteiger charge is -2.07. The van der Waals surface area contributed by atoms with Crippen molar-refractivity contribution in [2.24, 2.45) is 0 Å². The molecule has 0 spiro atoms. The number of nitrogens with one attached hydrogen (secondary N) is 2. The summed E-state index contributed by atoms with van der Waals surface area (Å²) in [7, 11) is 0. The number of pyridine rings is 1. The van der Waals surface area contributed by atoms with Crippen molar-refractivity contribution >= 4 is 22.4 Å². The van der Waals surface area contributed by atoms with E-state index in [4.69, 9.17) is 5.26 Å². The summed E-state index contributed by atoms with van der Waals surface area (Å²) in [6, 6.07) is 10.6. The Hall–Kier alpha value is -3.00. The number of nitriles is 1. The third-order valence-electron chi connectivity index (χ3n) is 2.85. The van der Waals surface area contributed by atoms with Gasteiger partial charge in [-0.2, -0.15) is 5.26 Å². The molecular weight excluding hydrogens is 240 g/mol. The maximum atomic E-state index is 9.65. The van der Waals surface area contributed by atoms with Crippen LogP contribution in [0.15, 0.2) is 42.7 Å². The van der Waals surface area contributed by atoms with Crippen molar-refractivity contribution in [1.29, 1.82) is 5.26 Å². The van der Waals surface area contributed by atoms with E-state index in [1.807, 2.05) is 24.4 Å². The van der Waals surface area contributed by atoms with Gasteiger partial charge in [0.05, 0.1) is 11.1 Å². The third-order valence-corrected chi connectivity index (χ3v) is 2.85. The molecular formula is C14H10N4O. The molecule has 0 unspecified atom stereocenters. The molecule has 5 heteroatoms. The van der Waals surface area contributed by atoms with Crippen LogP contribution in [0.25, 0.3) is 10.9 Å². The molecule has 5 nitrogen and oxygen atoms in total. The first-order valence-electron chi connectivity index (χ1n) is 5.70. The summed E-state index contributed by atoms with van der Waals surface area (Å²) in [4.78, 5) is 7.36. The summed E-state index contributed by atoms with van der Waals surface area (Å²) in [6.45, 7) is 0. The van der Waals surface area contributed by atoms with E-state index in [9.17, 15) is 5.11 Å². The minimum absolute atomic E-state index is 0.0499. The fourth-order valence-electron chi connectivity index (χ4n) is 1.92. The minimum Gasteiger partial charge on any atom is -0.506 e. The average molecular weight is 250 g/mol. The molecule has 3 rings (SSSR count). The lowest BCUT2D eigenvalue weighted by molar-refractivity contribution is 0.474. The van der Waals surface area contributed by atoms with Crippen LogP contribution >= 0.6 is 0 Å². The lowest BCUT2D eigenvalue weighted by atomic mass is 10.2. The number of anilines is 2. The fraction of sp³-hybridized carbons (Fsp3) is 0. The molecule has 0 saturated carbocycles. The first-order chi connectivity index (χ1) is 9.28. The summed E-state index contributed by atoms with van der Waals surface area (Å²) >= 11 is 0. The van der Waals surface area contributed by atoms with Crippen LogP contribution in [0.1, 0.15) is 5.56 Å². The number of rotatable bonds is 2. The van der Waals surface area contributed by atoms with E-state index in [2.05, 4.69) is 15.3 Å². The van der Waals surface area contributed by atoms with Crippen molar-refractivity contribution < 1.29 is 5.11 Å². The zero-order chi connectivity index (χ0) is 13.2. The molecule has 2 aromatic heterocycles. The third kappa shape index (κ3) is 1.96. The van der Waals surface area contributed by atoms with Gasteiger partial charge in [-0.05, 0) is 24.3 Å². The minimum atomic E-state index is -0.0499. The summed E-state index contributed by atoms with van der Waals surface area (Å²) in [5.74, 6) is 0.623. The Morgan fingerprint density at radius 3 is 2.95 bits per heavy atom. The molecule has 2 heterocycles. The van der Waals surface area contributed by atoms with Crippen LogP contribution in [0.5, 0.6) is 5.75 Å². The standard InChI is InChI=1S/C14H10N4O/c15-8-10-1-2-11(7-12(10)19)18-14-13-9(3-5-16-13)4-6-17-14/h1-7,16,19H,(H,17,18). The van der Waals surface area contributed by atoms with E-state index in [-0.39, 0.29) is 11.3 Å². The van der Waals surface area contributed by atoms with E-state index in [1.54, 1.807) is 18.3 Å². The molecule has 0 saturated heterocycles. The second kappa shape index (κ2) is 4.35. The Labute approximate surface area is 109 Å². The number of phenols is 1. The zero-order valence-electron chi connectivity index (χ0n) is 9.88. The van der Waals surface area contributed by atoms with Gasteiger partial charge in [-0.3, -0.25) is 0 Å². The van der Waals surface area contributed by atoms with Crippen molar-refractivity contribution in [3.8, 4) is 11.8 Å². The Kier molecular flexibility index (Phi) is 2.54. The van der Waals surface area contributed by atoms with Crippen molar-refractivity contribution in [2.45, 2.75) is 0 Å². The number of H-pyrrole nitrogens is 1. The van der Waals surface area contributed by atoms with Gasteiger partial charge in [0, 0.05) is 29.5 Å². The molecule has 0 aliphatic carbocycles. The quantitative estimate of drug-likeness (QED) is 0.652. The molecule has 0 bridgehead atoms. The number of hydrogen-bond donors (Lipinski definition) is 3. The number of hydrogen-bond acceptors (Lipinski definition) is 4. The summed E-state index contributed by atoms with van der Waals surface area (Å²) in [5, 5.41) is 22.6. The van der Waals surface area contributed by atoms with Gasteiger partial charge >= 0.3 is 0 Å². The maximum Gasteiger partial charge on any atom is 0.154 e. The number of nitrogens with zero attached hydrogens (tertiary/aromatic N) is 2. The second-order valence-corrected chi connectivity index (χ2v) is 4.07. The van der Waals surface area contributed by atoms with E-state index in [0.717, 1.165) is 10.9 Å².